The van der Waals surface area contributed by atoms with Crippen LogP contribution in [0.3, 0.4) is 0 Å². The second-order valence-corrected chi connectivity index (χ2v) is 32.1. The van der Waals surface area contributed by atoms with Gasteiger partial charge in [-0.05, 0) is 64.0 Å². The van der Waals surface area contributed by atoms with E-state index in [9.17, 15) is 0 Å². The van der Waals surface area contributed by atoms with Gasteiger partial charge in [0.05, 0.1) is 16.1 Å². The van der Waals surface area contributed by atoms with Crippen LogP contribution in [0.1, 0.15) is 94.2 Å². The third-order valence-electron chi connectivity index (χ3n) is 14.0. The number of hydrogen-bond donors (Lipinski definition) is 0. The molecule has 2 heterocycles. The Morgan fingerprint density at radius 3 is 1.06 bits per heavy atom. The Labute approximate surface area is 324 Å². The summed E-state index contributed by atoms with van der Waals surface area (Å²) in [6, 6.07) is 28.1. The average molecular weight is 749 g/mol. The molecule has 0 N–H and O–H groups in total. The van der Waals surface area contributed by atoms with Gasteiger partial charge in [0.15, 0.2) is 0 Å². The number of fused-ring (bicyclic) bond motifs is 14. The lowest BCUT2D eigenvalue weighted by Crippen LogP contribution is -2.49. The summed E-state index contributed by atoms with van der Waals surface area (Å²) in [7, 11) is -4.19. The molecule has 8 aromatic rings. The van der Waals surface area contributed by atoms with Crippen molar-refractivity contribution in [3.8, 4) is 0 Å². The van der Waals surface area contributed by atoms with E-state index in [-0.39, 0.29) is 20.9 Å². The van der Waals surface area contributed by atoms with Gasteiger partial charge in [0.25, 0.3) is 0 Å². The van der Waals surface area contributed by atoms with Gasteiger partial charge in [0.2, 0.25) is 0 Å². The average Bonchev–Trinajstić information content (AvgIpc) is 3.65. The standard InChI is InChI=1S/C50H60O2Si2/c1-47(2,3)31-21-23-33-29(25-31)27-37(53(13,14)49(7,8)9)45-39(33)41-42-40-34-24-22-32(48(4,5)6)26-30(34)28-38(54(15,16)50(10,11)12)46(40)52-44(42)36-20-18-17-19-35(36)43(41)51-45/h17-28H,1-16H3. The summed E-state index contributed by atoms with van der Waals surface area (Å²) >= 11 is 0. The van der Waals surface area contributed by atoms with Crippen LogP contribution in [-0.2, 0) is 10.8 Å². The quantitative estimate of drug-likeness (QED) is 0.165. The van der Waals surface area contributed by atoms with Crippen molar-refractivity contribution in [1.29, 1.82) is 0 Å². The molecule has 0 aliphatic rings. The summed E-state index contributed by atoms with van der Waals surface area (Å²) in [6.07, 6.45) is 0. The molecule has 0 amide bonds. The molecule has 2 nitrogen and oxygen atoms in total. The van der Waals surface area contributed by atoms with Crippen molar-refractivity contribution in [1.82, 2.24) is 0 Å². The van der Waals surface area contributed by atoms with Crippen molar-refractivity contribution in [3.05, 3.63) is 83.9 Å². The predicted molar refractivity (Wildman–Crippen MR) is 245 cm³/mol. The zero-order valence-corrected chi connectivity index (χ0v) is 37.7. The molecule has 2 aromatic heterocycles. The fourth-order valence-electron chi connectivity index (χ4n) is 8.42. The Balaban J connectivity index is 1.72. The van der Waals surface area contributed by atoms with Gasteiger partial charge < -0.3 is 8.83 Å². The summed E-state index contributed by atoms with van der Waals surface area (Å²) < 4.78 is 14.9. The van der Waals surface area contributed by atoms with Crippen molar-refractivity contribution in [2.75, 3.05) is 0 Å². The highest BCUT2D eigenvalue weighted by molar-refractivity contribution is 6.94. The molecule has 8 rings (SSSR count). The number of benzene rings is 6. The maximum absolute atomic E-state index is 7.44. The SMILES string of the molecule is CC(C)(C)c1ccc2c(c1)cc([Si](C)(C)C(C)(C)C)c1oc3c4ccccc4c4oc5c([Si](C)(C)C(C)(C)C)cc6cc(C(C)(C)C)ccc6c5c4c3c12. The van der Waals surface area contributed by atoms with Gasteiger partial charge >= 0.3 is 0 Å². The van der Waals surface area contributed by atoms with Gasteiger partial charge in [-0.2, -0.15) is 0 Å². The summed E-state index contributed by atoms with van der Waals surface area (Å²) in [5, 5.41) is 15.2. The van der Waals surface area contributed by atoms with E-state index in [1.54, 1.807) is 0 Å². The zero-order chi connectivity index (χ0) is 39.3. The molecule has 0 aliphatic heterocycles. The minimum absolute atomic E-state index is 0.0357. The lowest BCUT2D eigenvalue weighted by Gasteiger charge is -2.37. The fourth-order valence-corrected chi connectivity index (χ4v) is 12.6. The van der Waals surface area contributed by atoms with Crippen molar-refractivity contribution >= 4 is 103 Å². The third kappa shape index (κ3) is 5.22. The Bertz CT molecular complexity index is 2650. The van der Waals surface area contributed by atoms with Crippen LogP contribution in [0, 0.1) is 0 Å². The monoisotopic (exact) mass is 748 g/mol. The van der Waals surface area contributed by atoms with Crippen molar-refractivity contribution in [2.45, 2.75) is 130 Å². The van der Waals surface area contributed by atoms with Gasteiger partial charge in [-0.3, -0.25) is 0 Å². The summed E-state index contributed by atoms with van der Waals surface area (Å²) in [5.74, 6) is 0. The van der Waals surface area contributed by atoms with Crippen LogP contribution in [0.4, 0.5) is 0 Å². The minimum Gasteiger partial charge on any atom is -0.455 e. The zero-order valence-electron chi connectivity index (χ0n) is 35.7. The molecule has 0 bridgehead atoms. The number of furan rings is 2. The molecule has 0 atom stereocenters. The van der Waals surface area contributed by atoms with Crippen LogP contribution in [0.25, 0.3) is 76.2 Å². The van der Waals surface area contributed by atoms with E-state index in [0.29, 0.717) is 0 Å². The van der Waals surface area contributed by atoms with Crippen LogP contribution in [0.2, 0.25) is 36.3 Å². The van der Waals surface area contributed by atoms with Crippen LogP contribution < -0.4 is 10.4 Å². The van der Waals surface area contributed by atoms with E-state index in [2.05, 4.69) is 182 Å². The molecule has 54 heavy (non-hydrogen) atoms. The number of rotatable bonds is 2. The Kier molecular flexibility index (Phi) is 7.80. The van der Waals surface area contributed by atoms with Gasteiger partial charge in [0.1, 0.15) is 22.3 Å². The molecule has 0 spiro atoms. The Hall–Kier alpha value is -3.87. The van der Waals surface area contributed by atoms with E-state index >= 15 is 0 Å². The maximum Gasteiger partial charge on any atom is 0.144 e. The van der Waals surface area contributed by atoms with E-state index in [1.165, 1.54) is 64.6 Å². The molecular weight excluding hydrogens is 689 g/mol. The minimum atomic E-state index is -2.10. The Morgan fingerprint density at radius 2 is 0.741 bits per heavy atom. The second-order valence-electron chi connectivity index (χ2n) is 21.5. The largest absolute Gasteiger partial charge is 0.455 e. The van der Waals surface area contributed by atoms with Crippen LogP contribution in [0.15, 0.2) is 81.6 Å². The molecular formula is C50H60O2Si2. The van der Waals surface area contributed by atoms with Crippen molar-refractivity contribution in [3.63, 3.8) is 0 Å². The topological polar surface area (TPSA) is 26.3 Å². The van der Waals surface area contributed by atoms with E-state index in [4.69, 9.17) is 8.83 Å². The molecule has 4 heteroatoms. The first-order valence-corrected chi connectivity index (χ1v) is 26.0. The smallest absolute Gasteiger partial charge is 0.144 e. The first kappa shape index (κ1) is 37.1. The first-order chi connectivity index (χ1) is 24.8. The third-order valence-corrected chi connectivity index (χ3v) is 25.0. The van der Waals surface area contributed by atoms with Crippen LogP contribution in [-0.4, -0.2) is 16.1 Å². The van der Waals surface area contributed by atoms with Gasteiger partial charge in [-0.25, -0.2) is 0 Å². The Morgan fingerprint density at radius 1 is 0.389 bits per heavy atom. The predicted octanol–water partition coefficient (Wildman–Crippen LogP) is 15.0. The van der Waals surface area contributed by atoms with Gasteiger partial charge in [-0.1, -0.05) is 182 Å². The molecule has 6 aromatic carbocycles. The molecule has 280 valence electrons. The van der Waals surface area contributed by atoms with Crippen molar-refractivity contribution < 1.29 is 8.83 Å². The second kappa shape index (κ2) is 11.4. The summed E-state index contributed by atoms with van der Waals surface area (Å²) in [6.45, 7) is 38.5. The highest BCUT2D eigenvalue weighted by Gasteiger charge is 2.42. The van der Waals surface area contributed by atoms with E-state index < -0.39 is 16.1 Å². The lowest BCUT2D eigenvalue weighted by atomic mass is 9.85. The lowest BCUT2D eigenvalue weighted by molar-refractivity contribution is 0.591. The van der Waals surface area contributed by atoms with Gasteiger partial charge in [0, 0.05) is 32.3 Å². The summed E-state index contributed by atoms with van der Waals surface area (Å²) in [5.41, 5.74) is 6.83. The molecule has 0 radical (unpaired) electrons. The molecule has 0 saturated carbocycles. The normalized spacial score (nSPS) is 14.3. The molecule has 0 aliphatic carbocycles. The maximum atomic E-state index is 7.44. The molecule has 0 saturated heterocycles. The van der Waals surface area contributed by atoms with E-state index in [1.807, 2.05) is 0 Å². The highest BCUT2D eigenvalue weighted by Crippen LogP contribution is 2.50. The molecule has 0 unspecified atom stereocenters. The van der Waals surface area contributed by atoms with E-state index in [0.717, 1.165) is 33.1 Å². The highest BCUT2D eigenvalue weighted by atomic mass is 28.3. The van der Waals surface area contributed by atoms with Crippen LogP contribution >= 0.6 is 0 Å². The number of hydrogen-bond acceptors (Lipinski definition) is 2. The summed E-state index contributed by atoms with van der Waals surface area (Å²) in [4.78, 5) is 0. The van der Waals surface area contributed by atoms with Crippen molar-refractivity contribution in [2.24, 2.45) is 0 Å². The fraction of sp³-hybridized carbons (Fsp3) is 0.400. The van der Waals surface area contributed by atoms with Gasteiger partial charge in [-0.15, -0.1) is 0 Å². The van der Waals surface area contributed by atoms with Crippen LogP contribution in [0.5, 0.6) is 0 Å². The molecule has 0 fully saturated rings. The first-order valence-electron chi connectivity index (χ1n) is 20.0.